The Hall–Kier alpha value is -0.100. The monoisotopic (exact) mass is 290 g/mol. The van der Waals surface area contributed by atoms with Crippen LogP contribution in [-0.2, 0) is 0 Å². The zero-order valence-corrected chi connectivity index (χ0v) is 11.0. The van der Waals surface area contributed by atoms with E-state index in [2.05, 4.69) is 26.2 Å². The minimum Gasteiger partial charge on any atom is -0.396 e. The molecule has 0 aromatic carbocycles. The summed E-state index contributed by atoms with van der Waals surface area (Å²) in [5.74, 6) is 0.909. The molecule has 0 aliphatic rings. The third kappa shape index (κ3) is 4.51. The number of hydrogen-bond donors (Lipinski definition) is 2. The van der Waals surface area contributed by atoms with Gasteiger partial charge < -0.3 is 10.4 Å². The van der Waals surface area contributed by atoms with E-state index >= 15 is 0 Å². The summed E-state index contributed by atoms with van der Waals surface area (Å²) in [4.78, 5) is 4.27. The highest BCUT2D eigenvalue weighted by atomic mass is 79.9. The SMILES string of the molecule is CNC(CCO)CSc1ncccc1Br. The van der Waals surface area contributed by atoms with Gasteiger partial charge in [0.1, 0.15) is 5.03 Å². The highest BCUT2D eigenvalue weighted by Crippen LogP contribution is 2.25. The lowest BCUT2D eigenvalue weighted by Crippen LogP contribution is -2.28. The number of thioether (sulfide) groups is 1. The fraction of sp³-hybridized carbons (Fsp3) is 0.500. The first-order valence-electron chi connectivity index (χ1n) is 4.79. The molecule has 5 heteroatoms. The summed E-state index contributed by atoms with van der Waals surface area (Å²) in [5.41, 5.74) is 0. The molecular weight excluding hydrogens is 276 g/mol. The molecule has 0 saturated heterocycles. The van der Waals surface area contributed by atoms with Crippen LogP contribution in [0.15, 0.2) is 27.8 Å². The molecule has 2 N–H and O–H groups in total. The van der Waals surface area contributed by atoms with Crippen molar-refractivity contribution in [1.82, 2.24) is 10.3 Å². The summed E-state index contributed by atoms with van der Waals surface area (Å²) in [6.45, 7) is 0.218. The van der Waals surface area contributed by atoms with Crippen LogP contribution >= 0.6 is 27.7 Å². The van der Waals surface area contributed by atoms with E-state index in [4.69, 9.17) is 5.11 Å². The second-order valence-electron chi connectivity index (χ2n) is 3.10. The minimum atomic E-state index is 0.218. The van der Waals surface area contributed by atoms with Gasteiger partial charge in [0.05, 0.1) is 0 Å². The zero-order chi connectivity index (χ0) is 11.1. The Balaban J connectivity index is 2.45. The van der Waals surface area contributed by atoms with Crippen molar-refractivity contribution in [3.63, 3.8) is 0 Å². The van der Waals surface area contributed by atoms with Gasteiger partial charge in [-0.3, -0.25) is 0 Å². The first kappa shape index (κ1) is 13.0. The van der Waals surface area contributed by atoms with E-state index in [1.807, 2.05) is 19.2 Å². The Morgan fingerprint density at radius 3 is 3.07 bits per heavy atom. The van der Waals surface area contributed by atoms with Gasteiger partial charge in [-0.15, -0.1) is 11.8 Å². The third-order valence-corrected chi connectivity index (χ3v) is 4.10. The van der Waals surface area contributed by atoms with Crippen molar-refractivity contribution in [2.45, 2.75) is 17.5 Å². The number of aliphatic hydroxyl groups excluding tert-OH is 1. The number of nitrogens with zero attached hydrogens (tertiary/aromatic N) is 1. The first-order chi connectivity index (χ1) is 7.27. The molecule has 0 saturated carbocycles. The fourth-order valence-electron chi connectivity index (χ4n) is 1.12. The number of pyridine rings is 1. The lowest BCUT2D eigenvalue weighted by Gasteiger charge is -2.13. The van der Waals surface area contributed by atoms with Crippen molar-refractivity contribution in [3.05, 3.63) is 22.8 Å². The van der Waals surface area contributed by atoms with Crippen molar-refractivity contribution < 1.29 is 5.11 Å². The van der Waals surface area contributed by atoms with Gasteiger partial charge in [0.25, 0.3) is 0 Å². The predicted octanol–water partition coefficient (Wildman–Crippen LogP) is 1.91. The molecule has 1 heterocycles. The van der Waals surface area contributed by atoms with Crippen LogP contribution < -0.4 is 5.32 Å². The molecule has 1 rings (SSSR count). The van der Waals surface area contributed by atoms with Crippen LogP contribution in [0, 0.1) is 0 Å². The third-order valence-electron chi connectivity index (χ3n) is 2.03. The van der Waals surface area contributed by atoms with Crippen LogP contribution in [0.5, 0.6) is 0 Å². The minimum absolute atomic E-state index is 0.218. The molecule has 1 atom stereocenters. The van der Waals surface area contributed by atoms with Crippen molar-refractivity contribution in [2.75, 3.05) is 19.4 Å². The number of hydrogen-bond acceptors (Lipinski definition) is 4. The van der Waals surface area contributed by atoms with E-state index in [0.717, 1.165) is 21.7 Å². The average molecular weight is 291 g/mol. The average Bonchev–Trinajstić information content (AvgIpc) is 2.26. The zero-order valence-electron chi connectivity index (χ0n) is 8.61. The van der Waals surface area contributed by atoms with E-state index in [-0.39, 0.29) is 6.61 Å². The molecule has 0 spiro atoms. The van der Waals surface area contributed by atoms with Gasteiger partial charge in [0.2, 0.25) is 0 Å². The van der Waals surface area contributed by atoms with Crippen LogP contribution in [0.2, 0.25) is 0 Å². The van der Waals surface area contributed by atoms with E-state index in [1.54, 1.807) is 18.0 Å². The number of nitrogens with one attached hydrogen (secondary N) is 1. The number of halogens is 1. The molecule has 3 nitrogen and oxygen atoms in total. The van der Waals surface area contributed by atoms with Crippen LogP contribution in [0.1, 0.15) is 6.42 Å². The maximum Gasteiger partial charge on any atom is 0.110 e. The molecule has 1 aromatic rings. The highest BCUT2D eigenvalue weighted by molar-refractivity contribution is 9.10. The smallest absolute Gasteiger partial charge is 0.110 e. The molecule has 0 aliphatic heterocycles. The Morgan fingerprint density at radius 2 is 2.47 bits per heavy atom. The number of rotatable bonds is 6. The van der Waals surface area contributed by atoms with Crippen LogP contribution in [0.3, 0.4) is 0 Å². The molecule has 0 radical (unpaired) electrons. The second kappa shape index (κ2) is 7.22. The summed E-state index contributed by atoms with van der Waals surface area (Å²) in [5, 5.41) is 13.0. The van der Waals surface area contributed by atoms with E-state index in [1.165, 1.54) is 0 Å². The summed E-state index contributed by atoms with van der Waals surface area (Å²) in [6.07, 6.45) is 2.56. The van der Waals surface area contributed by atoms with Crippen LogP contribution in [0.25, 0.3) is 0 Å². The normalized spacial score (nSPS) is 12.7. The first-order valence-corrected chi connectivity index (χ1v) is 6.57. The van der Waals surface area contributed by atoms with Gasteiger partial charge in [-0.05, 0) is 41.5 Å². The highest BCUT2D eigenvalue weighted by Gasteiger charge is 2.08. The number of aromatic nitrogens is 1. The van der Waals surface area contributed by atoms with Crippen molar-refractivity contribution in [2.24, 2.45) is 0 Å². The van der Waals surface area contributed by atoms with E-state index < -0.39 is 0 Å². The van der Waals surface area contributed by atoms with Crippen LogP contribution in [0.4, 0.5) is 0 Å². The molecule has 0 amide bonds. The molecule has 15 heavy (non-hydrogen) atoms. The van der Waals surface area contributed by atoms with E-state index in [9.17, 15) is 0 Å². The van der Waals surface area contributed by atoms with Crippen molar-refractivity contribution in [1.29, 1.82) is 0 Å². The van der Waals surface area contributed by atoms with Gasteiger partial charge in [-0.1, -0.05) is 0 Å². The molecule has 0 aliphatic carbocycles. The summed E-state index contributed by atoms with van der Waals surface area (Å²) in [6, 6.07) is 4.21. The topological polar surface area (TPSA) is 45.1 Å². The maximum atomic E-state index is 8.85. The summed E-state index contributed by atoms with van der Waals surface area (Å²) >= 11 is 5.14. The van der Waals surface area contributed by atoms with Crippen LogP contribution in [-0.4, -0.2) is 35.5 Å². The Kier molecular flexibility index (Phi) is 6.24. The quantitative estimate of drug-likeness (QED) is 0.786. The van der Waals surface area contributed by atoms with Gasteiger partial charge in [0, 0.05) is 29.1 Å². The van der Waals surface area contributed by atoms with Crippen molar-refractivity contribution >= 4 is 27.7 Å². The van der Waals surface area contributed by atoms with Gasteiger partial charge >= 0.3 is 0 Å². The number of aliphatic hydroxyl groups is 1. The Morgan fingerprint density at radius 1 is 1.67 bits per heavy atom. The predicted molar refractivity (Wildman–Crippen MR) is 67.2 cm³/mol. The fourth-order valence-corrected chi connectivity index (χ4v) is 2.76. The molecule has 0 fully saturated rings. The lowest BCUT2D eigenvalue weighted by molar-refractivity contribution is 0.273. The molecular formula is C10H15BrN2OS. The standard InChI is InChI=1S/C10H15BrN2OS/c1-12-8(4-6-14)7-15-10-9(11)3-2-5-13-10/h2-3,5,8,12,14H,4,6-7H2,1H3. The van der Waals surface area contributed by atoms with E-state index in [0.29, 0.717) is 6.04 Å². The molecule has 0 bridgehead atoms. The van der Waals surface area contributed by atoms with Crippen molar-refractivity contribution in [3.8, 4) is 0 Å². The summed E-state index contributed by atoms with van der Waals surface area (Å²) in [7, 11) is 1.91. The van der Waals surface area contributed by atoms with Gasteiger partial charge in [0.15, 0.2) is 0 Å². The molecule has 1 unspecified atom stereocenters. The molecule has 1 aromatic heterocycles. The largest absolute Gasteiger partial charge is 0.396 e. The second-order valence-corrected chi connectivity index (χ2v) is 4.96. The lowest BCUT2D eigenvalue weighted by atomic mass is 10.2. The maximum absolute atomic E-state index is 8.85. The van der Waals surface area contributed by atoms with Gasteiger partial charge in [-0.2, -0.15) is 0 Å². The Bertz CT molecular complexity index is 299. The summed E-state index contributed by atoms with van der Waals surface area (Å²) < 4.78 is 1.02. The van der Waals surface area contributed by atoms with Gasteiger partial charge in [-0.25, -0.2) is 4.98 Å². The Labute approximate surface area is 103 Å². The molecule has 84 valence electrons.